The average molecular weight is 355 g/mol. The summed E-state index contributed by atoms with van der Waals surface area (Å²) in [6.07, 6.45) is 2.57. The smallest absolute Gasteiger partial charge is 0.242 e. The maximum Gasteiger partial charge on any atom is 0.242 e. The van der Waals surface area contributed by atoms with Gasteiger partial charge in [-0.2, -0.15) is 5.10 Å². The molecule has 2 aliphatic heterocycles. The Balaban J connectivity index is 1.48. The number of sulfone groups is 1. The van der Waals surface area contributed by atoms with Gasteiger partial charge in [0.25, 0.3) is 0 Å². The van der Waals surface area contributed by atoms with Crippen molar-refractivity contribution < 1.29 is 13.2 Å². The van der Waals surface area contributed by atoms with Gasteiger partial charge in [-0.05, 0) is 6.42 Å². The van der Waals surface area contributed by atoms with Gasteiger partial charge in [-0.1, -0.05) is 0 Å². The van der Waals surface area contributed by atoms with Crippen LogP contribution in [0.3, 0.4) is 0 Å². The van der Waals surface area contributed by atoms with Crippen molar-refractivity contribution in [1.82, 2.24) is 19.6 Å². The number of piperazine rings is 1. The molecule has 1 amide bonds. The highest BCUT2D eigenvalue weighted by Crippen LogP contribution is 2.19. The zero-order chi connectivity index (χ0) is 17.3. The molecule has 134 valence electrons. The molecule has 0 aliphatic carbocycles. The number of amides is 1. The van der Waals surface area contributed by atoms with E-state index in [9.17, 15) is 13.2 Å². The van der Waals surface area contributed by atoms with Crippen molar-refractivity contribution in [2.24, 2.45) is 7.05 Å². The standard InChI is InChI=1S/C15H25N5O3S/c1-17(14-3-5-18(2)16-14)11-15(21)20-8-6-19(7-9-20)13-4-10-24(22,23)12-13/h3,5,13H,4,6-12H2,1-2H3. The molecule has 0 radical (unpaired) electrons. The Morgan fingerprint density at radius 1 is 1.33 bits per heavy atom. The highest BCUT2D eigenvalue weighted by atomic mass is 32.2. The molecular weight excluding hydrogens is 330 g/mol. The summed E-state index contributed by atoms with van der Waals surface area (Å²) in [7, 11) is 0.853. The van der Waals surface area contributed by atoms with Gasteiger partial charge in [0.1, 0.15) is 0 Å². The van der Waals surface area contributed by atoms with E-state index >= 15 is 0 Å². The van der Waals surface area contributed by atoms with Crippen LogP contribution in [0.15, 0.2) is 12.3 Å². The first kappa shape index (κ1) is 17.2. The number of carbonyl (C=O) groups is 1. The first-order valence-corrected chi connectivity index (χ1v) is 10.1. The number of rotatable bonds is 4. The third-order valence-corrected chi connectivity index (χ3v) is 6.61. The Morgan fingerprint density at radius 3 is 2.58 bits per heavy atom. The van der Waals surface area contributed by atoms with E-state index < -0.39 is 9.84 Å². The number of carbonyl (C=O) groups excluding carboxylic acids is 1. The molecule has 2 aliphatic rings. The van der Waals surface area contributed by atoms with Crippen molar-refractivity contribution in [3.05, 3.63) is 12.3 Å². The predicted octanol–water partition coefficient (Wildman–Crippen LogP) is -0.812. The molecule has 3 rings (SSSR count). The van der Waals surface area contributed by atoms with Crippen molar-refractivity contribution >= 4 is 21.6 Å². The molecule has 0 bridgehead atoms. The number of hydrogen-bond donors (Lipinski definition) is 0. The maximum atomic E-state index is 12.5. The molecule has 9 heteroatoms. The molecular formula is C15H25N5O3S. The Bertz CT molecular complexity index is 694. The van der Waals surface area contributed by atoms with E-state index in [-0.39, 0.29) is 17.7 Å². The lowest BCUT2D eigenvalue weighted by atomic mass is 10.2. The van der Waals surface area contributed by atoms with E-state index in [1.807, 2.05) is 36.2 Å². The van der Waals surface area contributed by atoms with Crippen LogP contribution in [0, 0.1) is 0 Å². The van der Waals surface area contributed by atoms with Gasteiger partial charge in [0.15, 0.2) is 15.7 Å². The highest BCUT2D eigenvalue weighted by molar-refractivity contribution is 7.91. The molecule has 1 atom stereocenters. The molecule has 1 aromatic heterocycles. The van der Waals surface area contributed by atoms with Crippen LogP contribution >= 0.6 is 0 Å². The van der Waals surface area contributed by atoms with Crippen molar-refractivity contribution in [1.29, 1.82) is 0 Å². The summed E-state index contributed by atoms with van der Waals surface area (Å²) in [6.45, 7) is 3.12. The molecule has 3 heterocycles. The summed E-state index contributed by atoms with van der Waals surface area (Å²) in [5, 5.41) is 4.29. The van der Waals surface area contributed by atoms with Crippen LogP contribution in [0.2, 0.25) is 0 Å². The zero-order valence-electron chi connectivity index (χ0n) is 14.3. The number of nitrogens with zero attached hydrogens (tertiary/aromatic N) is 5. The van der Waals surface area contributed by atoms with Crippen LogP contribution in [0.1, 0.15) is 6.42 Å². The highest BCUT2D eigenvalue weighted by Gasteiger charge is 2.34. The van der Waals surface area contributed by atoms with Crippen molar-refractivity contribution in [3.8, 4) is 0 Å². The summed E-state index contributed by atoms with van der Waals surface area (Å²) >= 11 is 0. The van der Waals surface area contributed by atoms with E-state index in [1.165, 1.54) is 0 Å². The van der Waals surface area contributed by atoms with E-state index in [2.05, 4.69) is 10.00 Å². The van der Waals surface area contributed by atoms with Crippen LogP contribution < -0.4 is 4.90 Å². The Labute approximate surface area is 142 Å². The number of aromatic nitrogens is 2. The zero-order valence-corrected chi connectivity index (χ0v) is 15.1. The average Bonchev–Trinajstić information content (AvgIpc) is 3.13. The molecule has 0 N–H and O–H groups in total. The van der Waals surface area contributed by atoms with Gasteiger partial charge in [-0.25, -0.2) is 8.42 Å². The maximum absolute atomic E-state index is 12.5. The first-order chi connectivity index (χ1) is 11.3. The van der Waals surface area contributed by atoms with E-state index in [0.29, 0.717) is 25.4 Å². The van der Waals surface area contributed by atoms with Crippen LogP contribution in [-0.2, 0) is 21.7 Å². The minimum Gasteiger partial charge on any atom is -0.349 e. The summed E-state index contributed by atoms with van der Waals surface area (Å²) in [5.41, 5.74) is 0. The molecule has 1 aromatic rings. The predicted molar refractivity (Wildman–Crippen MR) is 91.7 cm³/mol. The molecule has 0 spiro atoms. The number of likely N-dealkylation sites (N-methyl/N-ethyl adjacent to an activating group) is 1. The fraction of sp³-hybridized carbons (Fsp3) is 0.733. The lowest BCUT2D eigenvalue weighted by molar-refractivity contribution is -0.131. The van der Waals surface area contributed by atoms with Gasteiger partial charge in [0, 0.05) is 58.6 Å². The second kappa shape index (κ2) is 6.72. The summed E-state index contributed by atoms with van der Waals surface area (Å²) < 4.78 is 24.9. The number of aryl methyl sites for hydroxylation is 1. The second-order valence-electron chi connectivity index (χ2n) is 6.68. The monoisotopic (exact) mass is 355 g/mol. The fourth-order valence-electron chi connectivity index (χ4n) is 3.39. The fourth-order valence-corrected chi connectivity index (χ4v) is 5.15. The summed E-state index contributed by atoms with van der Waals surface area (Å²) in [6, 6.07) is 2.01. The van der Waals surface area contributed by atoms with E-state index in [0.717, 1.165) is 25.3 Å². The normalized spacial score (nSPS) is 24.2. The van der Waals surface area contributed by atoms with Gasteiger partial charge in [0.2, 0.25) is 5.91 Å². The quantitative estimate of drug-likeness (QED) is 0.703. The number of hydrogen-bond acceptors (Lipinski definition) is 6. The van der Waals surface area contributed by atoms with Crippen molar-refractivity contribution in [2.45, 2.75) is 12.5 Å². The lowest BCUT2D eigenvalue weighted by Crippen LogP contribution is -2.53. The van der Waals surface area contributed by atoms with Crippen LogP contribution in [-0.4, -0.2) is 91.2 Å². The second-order valence-corrected chi connectivity index (χ2v) is 8.91. The molecule has 0 aromatic carbocycles. The summed E-state index contributed by atoms with van der Waals surface area (Å²) in [5.74, 6) is 1.43. The Kier molecular flexibility index (Phi) is 4.82. The van der Waals surface area contributed by atoms with Gasteiger partial charge in [0.05, 0.1) is 18.1 Å². The summed E-state index contributed by atoms with van der Waals surface area (Å²) in [4.78, 5) is 18.4. The molecule has 0 saturated carbocycles. The van der Waals surface area contributed by atoms with Crippen LogP contribution in [0.5, 0.6) is 0 Å². The van der Waals surface area contributed by atoms with E-state index in [1.54, 1.807) is 4.68 Å². The first-order valence-electron chi connectivity index (χ1n) is 8.27. The Morgan fingerprint density at radius 2 is 2.04 bits per heavy atom. The number of anilines is 1. The van der Waals surface area contributed by atoms with Gasteiger partial charge in [-0.3, -0.25) is 14.4 Å². The van der Waals surface area contributed by atoms with Gasteiger partial charge in [-0.15, -0.1) is 0 Å². The Hall–Kier alpha value is -1.61. The lowest BCUT2D eigenvalue weighted by Gasteiger charge is -2.38. The minimum atomic E-state index is -2.86. The van der Waals surface area contributed by atoms with Crippen LogP contribution in [0.4, 0.5) is 5.82 Å². The van der Waals surface area contributed by atoms with E-state index in [4.69, 9.17) is 0 Å². The topological polar surface area (TPSA) is 78.8 Å². The minimum absolute atomic E-state index is 0.0850. The van der Waals surface area contributed by atoms with Crippen molar-refractivity contribution in [2.75, 3.05) is 56.2 Å². The molecule has 8 nitrogen and oxygen atoms in total. The third kappa shape index (κ3) is 3.89. The SMILES string of the molecule is CN(CC(=O)N1CCN(C2CCS(=O)(=O)C2)CC1)c1ccn(C)n1. The largest absolute Gasteiger partial charge is 0.349 e. The van der Waals surface area contributed by atoms with Crippen molar-refractivity contribution in [3.63, 3.8) is 0 Å². The van der Waals surface area contributed by atoms with Gasteiger partial charge < -0.3 is 9.80 Å². The molecule has 2 saturated heterocycles. The molecule has 1 unspecified atom stereocenters. The third-order valence-electron chi connectivity index (χ3n) is 4.85. The molecule has 2 fully saturated rings. The van der Waals surface area contributed by atoms with Crippen LogP contribution in [0.25, 0.3) is 0 Å². The molecule has 24 heavy (non-hydrogen) atoms. The van der Waals surface area contributed by atoms with Gasteiger partial charge >= 0.3 is 0 Å².